The number of halogens is 1. The molecule has 1 amide bonds. The van der Waals surface area contributed by atoms with E-state index in [2.05, 4.69) is 0 Å². The van der Waals surface area contributed by atoms with Gasteiger partial charge in [0.15, 0.2) is 0 Å². The van der Waals surface area contributed by atoms with E-state index >= 15 is 0 Å². The molecule has 1 aliphatic rings. The van der Waals surface area contributed by atoms with Crippen LogP contribution >= 0.6 is 11.6 Å². The van der Waals surface area contributed by atoms with Crippen molar-refractivity contribution >= 4 is 34.1 Å². The lowest BCUT2D eigenvalue weighted by Gasteiger charge is -2.26. The third kappa shape index (κ3) is 4.23. The summed E-state index contributed by atoms with van der Waals surface area (Å²) in [5.74, 6) is 0.689. The quantitative estimate of drug-likeness (QED) is 0.512. The van der Waals surface area contributed by atoms with E-state index < -0.39 is 0 Å². The lowest BCUT2D eigenvalue weighted by molar-refractivity contribution is -0.129. The topological polar surface area (TPSA) is 51.9 Å². The summed E-state index contributed by atoms with van der Waals surface area (Å²) in [6, 6.07) is 11.6. The molecule has 3 aromatic rings. The smallest absolute Gasteiger partial charge is 0.247 e. The van der Waals surface area contributed by atoms with Crippen molar-refractivity contribution in [2.24, 2.45) is 0 Å². The van der Waals surface area contributed by atoms with Crippen LogP contribution in [0.4, 0.5) is 0 Å². The number of furan rings is 1. The normalized spacial score (nSPS) is 14.9. The fourth-order valence-corrected chi connectivity index (χ4v) is 3.76. The molecule has 1 aliphatic heterocycles. The number of nitrogens with zero attached hydrogens (tertiary/aromatic N) is 1. The van der Waals surface area contributed by atoms with Crippen LogP contribution in [0.3, 0.4) is 0 Å². The number of ether oxygens (including phenoxy) is 2. The summed E-state index contributed by atoms with van der Waals surface area (Å²) >= 11 is 6.03. The lowest BCUT2D eigenvalue weighted by atomic mass is 9.99. The largest absolute Gasteiger partial charge is 0.493 e. The molecule has 1 aromatic heterocycles. The Labute approximate surface area is 180 Å². The van der Waals surface area contributed by atoms with E-state index in [1.807, 2.05) is 55.1 Å². The van der Waals surface area contributed by atoms with Gasteiger partial charge in [0.05, 0.1) is 26.1 Å². The number of fused-ring (bicyclic) bond motifs is 1. The minimum atomic E-state index is -0.0107. The highest BCUT2D eigenvalue weighted by atomic mass is 35.5. The van der Waals surface area contributed by atoms with Gasteiger partial charge in [0, 0.05) is 46.8 Å². The minimum Gasteiger partial charge on any atom is -0.493 e. The van der Waals surface area contributed by atoms with Crippen LogP contribution in [0.1, 0.15) is 19.4 Å². The first kappa shape index (κ1) is 20.5. The third-order valence-electron chi connectivity index (χ3n) is 5.22. The number of rotatable bonds is 5. The zero-order valence-electron chi connectivity index (χ0n) is 17.1. The summed E-state index contributed by atoms with van der Waals surface area (Å²) in [5.41, 5.74) is 4.44. The van der Waals surface area contributed by atoms with Crippen molar-refractivity contribution in [1.82, 2.24) is 4.90 Å². The molecule has 0 spiro atoms. The molecule has 0 unspecified atom stereocenters. The first-order valence-electron chi connectivity index (χ1n) is 10.1. The fraction of sp³-hybridized carbons (Fsp3) is 0.292. The zero-order chi connectivity index (χ0) is 21.1. The molecule has 2 aromatic carbocycles. The van der Waals surface area contributed by atoms with Crippen molar-refractivity contribution in [2.45, 2.75) is 13.8 Å². The van der Waals surface area contributed by atoms with Gasteiger partial charge < -0.3 is 18.8 Å². The first-order valence-corrected chi connectivity index (χ1v) is 10.4. The highest BCUT2D eigenvalue weighted by molar-refractivity contribution is 6.30. The van der Waals surface area contributed by atoms with Gasteiger partial charge in [-0.25, -0.2) is 0 Å². The Balaban J connectivity index is 1.75. The Hall–Kier alpha value is -2.76. The van der Waals surface area contributed by atoms with E-state index in [1.54, 1.807) is 12.3 Å². The summed E-state index contributed by atoms with van der Waals surface area (Å²) in [5, 5.41) is 1.65. The van der Waals surface area contributed by atoms with Gasteiger partial charge in [0.1, 0.15) is 11.3 Å². The van der Waals surface area contributed by atoms with Gasteiger partial charge in [0.2, 0.25) is 5.91 Å². The van der Waals surface area contributed by atoms with Crippen LogP contribution in [0.2, 0.25) is 5.02 Å². The van der Waals surface area contributed by atoms with Crippen LogP contribution in [0.25, 0.3) is 27.7 Å². The molecule has 30 heavy (non-hydrogen) atoms. The second-order valence-electron chi connectivity index (χ2n) is 7.20. The number of carbonyl (C=O) groups excluding carboxylic acids is 1. The Morgan fingerprint density at radius 3 is 2.63 bits per heavy atom. The van der Waals surface area contributed by atoms with Crippen LogP contribution in [0.5, 0.6) is 5.75 Å². The first-order chi connectivity index (χ1) is 14.6. The van der Waals surface area contributed by atoms with Crippen molar-refractivity contribution in [3.05, 3.63) is 59.3 Å². The van der Waals surface area contributed by atoms with E-state index in [0.717, 1.165) is 33.2 Å². The number of amides is 1. The predicted molar refractivity (Wildman–Crippen MR) is 119 cm³/mol. The maximum atomic E-state index is 12.7. The van der Waals surface area contributed by atoms with Crippen molar-refractivity contribution in [2.75, 3.05) is 32.9 Å². The fourth-order valence-electron chi connectivity index (χ4n) is 3.63. The molecule has 1 fully saturated rings. The SMILES string of the molecule is CCOc1cc2occ(-c3ccc(Cl)cc3)c2cc1/C(C)=C/C(=O)N1CCOCC1. The van der Waals surface area contributed by atoms with Crippen LogP contribution in [-0.4, -0.2) is 43.7 Å². The van der Waals surface area contributed by atoms with Gasteiger partial charge in [-0.05, 0) is 43.2 Å². The highest BCUT2D eigenvalue weighted by Gasteiger charge is 2.18. The molecule has 6 heteroatoms. The van der Waals surface area contributed by atoms with E-state index in [9.17, 15) is 4.79 Å². The average Bonchev–Trinajstić information content (AvgIpc) is 3.17. The summed E-state index contributed by atoms with van der Waals surface area (Å²) in [4.78, 5) is 14.5. The second kappa shape index (κ2) is 8.94. The van der Waals surface area contributed by atoms with Crippen molar-refractivity contribution in [3.8, 4) is 16.9 Å². The van der Waals surface area contributed by atoms with Crippen LogP contribution in [0.15, 0.2) is 53.2 Å². The molecule has 0 saturated carbocycles. The van der Waals surface area contributed by atoms with Crippen LogP contribution < -0.4 is 4.74 Å². The zero-order valence-corrected chi connectivity index (χ0v) is 17.9. The van der Waals surface area contributed by atoms with Crippen LogP contribution in [-0.2, 0) is 9.53 Å². The molecule has 0 N–H and O–H groups in total. The van der Waals surface area contributed by atoms with E-state index in [-0.39, 0.29) is 5.91 Å². The number of allylic oxidation sites excluding steroid dienone is 1. The number of hydrogen-bond acceptors (Lipinski definition) is 4. The van der Waals surface area contributed by atoms with Gasteiger partial charge in [-0.3, -0.25) is 4.79 Å². The van der Waals surface area contributed by atoms with Gasteiger partial charge in [-0.2, -0.15) is 0 Å². The maximum absolute atomic E-state index is 12.7. The highest BCUT2D eigenvalue weighted by Crippen LogP contribution is 2.37. The van der Waals surface area contributed by atoms with E-state index in [4.69, 9.17) is 25.5 Å². The molecule has 0 bridgehead atoms. The molecule has 156 valence electrons. The molecule has 1 saturated heterocycles. The minimum absolute atomic E-state index is 0.0107. The molecule has 0 aliphatic carbocycles. The number of morpholine rings is 1. The number of hydrogen-bond donors (Lipinski definition) is 0. The standard InChI is InChI=1S/C24H24ClNO4/c1-3-29-22-14-23-20(21(15-30-23)17-4-6-18(25)7-5-17)13-19(22)16(2)12-24(27)26-8-10-28-11-9-26/h4-7,12-15H,3,8-11H2,1-2H3/b16-12+. The molecule has 4 rings (SSSR count). The van der Waals surface area contributed by atoms with Gasteiger partial charge >= 0.3 is 0 Å². The molecule has 0 atom stereocenters. The van der Waals surface area contributed by atoms with Crippen molar-refractivity contribution < 1.29 is 18.7 Å². The van der Waals surface area contributed by atoms with E-state index in [0.29, 0.717) is 43.7 Å². The van der Waals surface area contributed by atoms with Gasteiger partial charge in [0.25, 0.3) is 0 Å². The van der Waals surface area contributed by atoms with Crippen molar-refractivity contribution in [1.29, 1.82) is 0 Å². The average molecular weight is 426 g/mol. The van der Waals surface area contributed by atoms with Gasteiger partial charge in [-0.1, -0.05) is 23.7 Å². The van der Waals surface area contributed by atoms with Crippen LogP contribution in [0, 0.1) is 0 Å². The Kier molecular flexibility index (Phi) is 6.11. The Morgan fingerprint density at radius 1 is 1.20 bits per heavy atom. The van der Waals surface area contributed by atoms with Crippen molar-refractivity contribution in [3.63, 3.8) is 0 Å². The summed E-state index contributed by atoms with van der Waals surface area (Å²) in [6.07, 6.45) is 3.42. The molecule has 5 nitrogen and oxygen atoms in total. The summed E-state index contributed by atoms with van der Waals surface area (Å²) in [6.45, 7) is 6.78. The third-order valence-corrected chi connectivity index (χ3v) is 5.47. The van der Waals surface area contributed by atoms with E-state index in [1.165, 1.54) is 0 Å². The summed E-state index contributed by atoms with van der Waals surface area (Å²) < 4.78 is 17.0. The predicted octanol–water partition coefficient (Wildman–Crippen LogP) is 5.41. The molecule has 0 radical (unpaired) electrons. The molecular weight excluding hydrogens is 402 g/mol. The Morgan fingerprint density at radius 2 is 1.93 bits per heavy atom. The summed E-state index contributed by atoms with van der Waals surface area (Å²) in [7, 11) is 0. The second-order valence-corrected chi connectivity index (χ2v) is 7.64. The lowest BCUT2D eigenvalue weighted by Crippen LogP contribution is -2.39. The Bertz CT molecular complexity index is 1080. The molecule has 2 heterocycles. The monoisotopic (exact) mass is 425 g/mol. The molecular formula is C24H24ClNO4. The number of benzene rings is 2. The number of carbonyl (C=O) groups is 1. The maximum Gasteiger partial charge on any atom is 0.247 e. The van der Waals surface area contributed by atoms with Gasteiger partial charge in [-0.15, -0.1) is 0 Å².